The molecule has 0 bridgehead atoms. The monoisotopic (exact) mass is 704 g/mol. The minimum absolute atomic E-state index is 0.0325. The number of nitrogens with zero attached hydrogens (tertiary/aromatic N) is 8. The number of aromatic nitrogens is 5. The molecular weight excluding hydrogens is 662 g/mol. The maximum absolute atomic E-state index is 15.5. The highest BCUT2D eigenvalue weighted by atomic mass is 19.3. The van der Waals surface area contributed by atoms with Crippen LogP contribution in [0.25, 0.3) is 17.0 Å². The van der Waals surface area contributed by atoms with Crippen LogP contribution in [0, 0.1) is 6.92 Å². The minimum atomic E-state index is -3.19. The summed E-state index contributed by atoms with van der Waals surface area (Å²) in [6.07, 6.45) is 5.98. The third-order valence-corrected chi connectivity index (χ3v) is 7.92. The van der Waals surface area contributed by atoms with Gasteiger partial charge in [0.05, 0.1) is 24.1 Å². The van der Waals surface area contributed by atoms with Gasteiger partial charge in [-0.05, 0) is 65.5 Å². The van der Waals surface area contributed by atoms with Crippen molar-refractivity contribution in [1.82, 2.24) is 34.5 Å². The number of rotatable bonds is 14. The van der Waals surface area contributed by atoms with Gasteiger partial charge in [-0.3, -0.25) is 4.79 Å². The van der Waals surface area contributed by atoms with Crippen LogP contribution in [-0.2, 0) is 11.8 Å². The molecule has 14 nitrogen and oxygen atoms in total. The molecule has 0 saturated carbocycles. The lowest BCUT2D eigenvalue weighted by atomic mass is 10.0. The number of benzene rings is 2. The van der Waals surface area contributed by atoms with E-state index in [1.807, 2.05) is 32.0 Å². The van der Waals surface area contributed by atoms with E-state index >= 15 is 8.78 Å². The van der Waals surface area contributed by atoms with Gasteiger partial charge in [0, 0.05) is 50.5 Å². The number of amides is 1. The summed E-state index contributed by atoms with van der Waals surface area (Å²) in [6.45, 7) is 7.88. The van der Waals surface area contributed by atoms with Crippen molar-refractivity contribution in [2.45, 2.75) is 32.3 Å². The van der Waals surface area contributed by atoms with Crippen LogP contribution in [0.2, 0.25) is 0 Å². The molecule has 0 unspecified atom stereocenters. The summed E-state index contributed by atoms with van der Waals surface area (Å²) in [5.74, 6) is -1.97. The number of aryl methyl sites for hydroxylation is 2. The number of alkyl halides is 2. The molecule has 1 amide bonds. The van der Waals surface area contributed by atoms with Crippen LogP contribution < -0.4 is 24.8 Å². The Morgan fingerprint density at radius 2 is 1.98 bits per heavy atom. The number of likely N-dealkylation sites (N-methyl/N-ethyl adjacent to an activating group) is 1. The van der Waals surface area contributed by atoms with E-state index < -0.39 is 24.5 Å². The molecule has 2 N–H and O–H groups in total. The molecule has 16 heteroatoms. The van der Waals surface area contributed by atoms with Crippen molar-refractivity contribution >= 4 is 46.8 Å². The van der Waals surface area contributed by atoms with E-state index in [4.69, 9.17) is 14.2 Å². The normalized spacial score (nSPS) is 16.4. The van der Waals surface area contributed by atoms with Crippen LogP contribution in [0.1, 0.15) is 24.7 Å². The summed E-state index contributed by atoms with van der Waals surface area (Å²) in [5, 5.41) is 10.4. The van der Waals surface area contributed by atoms with Gasteiger partial charge in [-0.15, -0.1) is 0 Å². The predicted octanol–water partition coefficient (Wildman–Crippen LogP) is 5.06. The zero-order valence-electron chi connectivity index (χ0n) is 29.5. The first kappa shape index (κ1) is 36.8. The molecule has 1 aliphatic heterocycles. The fraction of sp³-hybridized carbons (Fsp3) is 0.371. The lowest BCUT2D eigenvalue weighted by Gasteiger charge is -2.37. The number of likely N-dealkylation sites (tertiary alicyclic amines) is 1. The zero-order chi connectivity index (χ0) is 36.7. The number of fused-ring (bicyclic) bond motifs is 1. The fourth-order valence-corrected chi connectivity index (χ4v) is 5.42. The molecule has 4 aromatic rings. The molecule has 2 aromatic heterocycles. The Kier molecular flexibility index (Phi) is 11.6. The molecule has 0 aliphatic carbocycles. The van der Waals surface area contributed by atoms with E-state index in [1.165, 1.54) is 18.7 Å². The van der Waals surface area contributed by atoms with Gasteiger partial charge in [0.1, 0.15) is 35.7 Å². The molecule has 1 fully saturated rings. The number of carbonyl (C=O) groups excluding carboxylic acids is 1. The first-order valence-electron chi connectivity index (χ1n) is 16.3. The molecule has 5 rings (SSSR count). The quantitative estimate of drug-likeness (QED) is 0.103. The summed E-state index contributed by atoms with van der Waals surface area (Å²) in [7, 11) is 7.13. The number of aliphatic imine (C=N–C) groups is 1. The van der Waals surface area contributed by atoms with Crippen molar-refractivity contribution in [3.8, 4) is 17.2 Å². The second kappa shape index (κ2) is 16.0. The molecule has 51 heavy (non-hydrogen) atoms. The Morgan fingerprint density at radius 3 is 2.65 bits per heavy atom. The zero-order valence-corrected chi connectivity index (χ0v) is 29.5. The topological polar surface area (TPSA) is 144 Å². The van der Waals surface area contributed by atoms with Crippen LogP contribution in [0.4, 0.5) is 26.0 Å². The number of nitrogens with one attached hydrogen (secondary N) is 2. The molecule has 270 valence electrons. The predicted molar refractivity (Wildman–Crippen MR) is 192 cm³/mol. The number of hydrogen-bond acceptors (Lipinski definition) is 12. The summed E-state index contributed by atoms with van der Waals surface area (Å²) in [4.78, 5) is 33.7. The highest BCUT2D eigenvalue weighted by Crippen LogP contribution is 2.46. The Balaban J connectivity index is 1.56. The second-order valence-corrected chi connectivity index (χ2v) is 12.3. The lowest BCUT2D eigenvalue weighted by Crippen LogP contribution is -2.52. The maximum Gasteiger partial charge on any atom is 0.296 e. The molecule has 3 heterocycles. The van der Waals surface area contributed by atoms with Gasteiger partial charge in [-0.2, -0.15) is 5.10 Å². The number of halogens is 2. The molecule has 0 spiro atoms. The molecule has 1 saturated heterocycles. The van der Waals surface area contributed by atoms with Gasteiger partial charge < -0.3 is 34.6 Å². The van der Waals surface area contributed by atoms with Gasteiger partial charge >= 0.3 is 0 Å². The molecule has 1 atom stereocenters. The Morgan fingerprint density at radius 1 is 1.18 bits per heavy atom. The van der Waals surface area contributed by atoms with Gasteiger partial charge in [0.25, 0.3) is 5.92 Å². The molecule has 1 aliphatic rings. The van der Waals surface area contributed by atoms with Crippen LogP contribution in [0.15, 0.2) is 59.9 Å². The summed E-state index contributed by atoms with van der Waals surface area (Å²) < 4.78 is 50.7. The highest BCUT2D eigenvalue weighted by molar-refractivity contribution is 6.08. The van der Waals surface area contributed by atoms with E-state index in [1.54, 1.807) is 61.0 Å². The van der Waals surface area contributed by atoms with Crippen molar-refractivity contribution < 1.29 is 27.8 Å². The number of hydrogen-bond donors (Lipinski definition) is 2. The summed E-state index contributed by atoms with van der Waals surface area (Å²) >= 11 is 0. The molecule has 2 aromatic carbocycles. The van der Waals surface area contributed by atoms with E-state index in [0.717, 1.165) is 5.56 Å². The maximum atomic E-state index is 15.5. The largest absolute Gasteiger partial charge is 0.491 e. The number of anilines is 3. The third kappa shape index (κ3) is 9.01. The van der Waals surface area contributed by atoms with Crippen molar-refractivity contribution in [3.05, 3.63) is 66.3 Å². The standard InChI is InChI=1S/C35H42F2N10O4/c1-8-49-26-17-24-31(33(32(26)44-29(48)10-9-14-45(4)5)51-27-13-15-46(6)19-35(27,36)37)34(41-20-39-24)43-23-11-12-25(22(2)16-23)50-30(38-3)18-28-40-21-42-47(28)7/h9-12,16-18,20-21,27H,3,8,13-15,19H2,1-2,4-7H3,(H,44,48)(H,39,41,43)/b10-9+,30-18+/t27-/m1/s1. The molecule has 0 radical (unpaired) electrons. The van der Waals surface area contributed by atoms with Crippen molar-refractivity contribution in [2.75, 3.05) is 58.0 Å². The first-order valence-corrected chi connectivity index (χ1v) is 16.3. The number of piperidine rings is 1. The van der Waals surface area contributed by atoms with Gasteiger partial charge in [-0.25, -0.2) is 33.4 Å². The van der Waals surface area contributed by atoms with Gasteiger partial charge in [0.15, 0.2) is 17.7 Å². The summed E-state index contributed by atoms with van der Waals surface area (Å²) in [5.41, 5.74) is 1.79. The Bertz CT molecular complexity index is 1950. The van der Waals surface area contributed by atoms with E-state index in [2.05, 4.69) is 42.4 Å². The number of ether oxygens (including phenoxy) is 3. The van der Waals surface area contributed by atoms with Gasteiger partial charge in [-0.1, -0.05) is 6.08 Å². The van der Waals surface area contributed by atoms with Crippen LogP contribution >= 0.6 is 0 Å². The average molecular weight is 705 g/mol. The number of carbonyl (C=O) groups is 1. The van der Waals surface area contributed by atoms with Crippen molar-refractivity contribution in [2.24, 2.45) is 12.0 Å². The van der Waals surface area contributed by atoms with Crippen molar-refractivity contribution in [1.29, 1.82) is 0 Å². The third-order valence-electron chi connectivity index (χ3n) is 7.92. The fourth-order valence-electron chi connectivity index (χ4n) is 5.42. The Hall–Kier alpha value is -5.48. The minimum Gasteiger partial charge on any atom is -0.491 e. The van der Waals surface area contributed by atoms with E-state index in [9.17, 15) is 4.79 Å². The van der Waals surface area contributed by atoms with E-state index in [0.29, 0.717) is 35.9 Å². The SMILES string of the molecule is C=N/C(=C\c1ncnn1C)Oc1ccc(Nc2ncnc3cc(OCC)c(NC(=O)/C=C/CN(C)C)c(O[C@@H]4CCN(C)CC4(F)F)c23)cc1C. The van der Waals surface area contributed by atoms with E-state index in [-0.39, 0.29) is 47.3 Å². The lowest BCUT2D eigenvalue weighted by molar-refractivity contribution is -0.134. The smallest absolute Gasteiger partial charge is 0.296 e. The molecular formula is C35H42F2N10O4. The highest BCUT2D eigenvalue weighted by Gasteiger charge is 2.46. The Labute approximate surface area is 294 Å². The first-order chi connectivity index (χ1) is 24.4. The van der Waals surface area contributed by atoms with Gasteiger partial charge in [0.2, 0.25) is 11.8 Å². The summed E-state index contributed by atoms with van der Waals surface area (Å²) in [6, 6.07) is 6.95. The average Bonchev–Trinajstić information content (AvgIpc) is 3.47. The van der Waals surface area contributed by atoms with Crippen molar-refractivity contribution in [3.63, 3.8) is 0 Å². The second-order valence-electron chi connectivity index (χ2n) is 12.3. The van der Waals surface area contributed by atoms with Crippen LogP contribution in [0.3, 0.4) is 0 Å². The van der Waals surface area contributed by atoms with Crippen LogP contribution in [-0.4, -0.2) is 107 Å². The van der Waals surface area contributed by atoms with Crippen LogP contribution in [0.5, 0.6) is 17.2 Å².